The van der Waals surface area contributed by atoms with Crippen LogP contribution in [0.1, 0.15) is 70.4 Å². The smallest absolute Gasteiger partial charge is 0.224 e. The highest BCUT2D eigenvalue weighted by Gasteiger charge is 2.41. The molecule has 0 radical (unpaired) electrons. The summed E-state index contributed by atoms with van der Waals surface area (Å²) in [7, 11) is 0. The van der Waals surface area contributed by atoms with Gasteiger partial charge in [0.1, 0.15) is 0 Å². The molecule has 6 heteroatoms. The Hall–Kier alpha value is -2.70. The third-order valence-electron chi connectivity index (χ3n) is 7.95. The molecular formula is C31H43N3O3. The van der Waals surface area contributed by atoms with Gasteiger partial charge in [-0.3, -0.25) is 14.5 Å². The lowest BCUT2D eigenvalue weighted by molar-refractivity contribution is -0.125. The molecule has 2 fully saturated rings. The van der Waals surface area contributed by atoms with E-state index in [2.05, 4.69) is 66.6 Å². The molecule has 1 saturated carbocycles. The van der Waals surface area contributed by atoms with E-state index in [9.17, 15) is 9.59 Å². The third kappa shape index (κ3) is 7.65. The molecule has 2 aliphatic rings. The van der Waals surface area contributed by atoms with Gasteiger partial charge >= 0.3 is 0 Å². The van der Waals surface area contributed by atoms with Crippen LogP contribution in [0.2, 0.25) is 0 Å². The fourth-order valence-corrected chi connectivity index (χ4v) is 5.72. The topological polar surface area (TPSA) is 70.7 Å². The molecule has 1 aliphatic carbocycles. The van der Waals surface area contributed by atoms with Crippen LogP contribution in [0.15, 0.2) is 54.6 Å². The number of morpholine rings is 1. The van der Waals surface area contributed by atoms with Gasteiger partial charge in [0.25, 0.3) is 0 Å². The van der Waals surface area contributed by atoms with Crippen LogP contribution < -0.4 is 10.6 Å². The minimum atomic E-state index is -0.128. The number of nitrogens with one attached hydrogen (secondary N) is 2. The van der Waals surface area contributed by atoms with Crippen LogP contribution >= 0.6 is 0 Å². The highest BCUT2D eigenvalue weighted by atomic mass is 16.5. The van der Waals surface area contributed by atoms with Gasteiger partial charge in [-0.2, -0.15) is 0 Å². The monoisotopic (exact) mass is 505 g/mol. The standard InChI is InChI=1S/C31H43N3O3/c1-30(2,3)25-9-11-26(12-10-25)32-28(35)13-14-29(36)33-27-15-17-31(18-16-27,34-19-21-37-22-20-34)23-24-7-5-4-6-8-24/h4-12,27H,13-23H2,1-3H3,(H,32,35)(H,33,36). The summed E-state index contributed by atoms with van der Waals surface area (Å²) in [4.78, 5) is 27.7. The van der Waals surface area contributed by atoms with Gasteiger partial charge in [0.15, 0.2) is 0 Å². The summed E-state index contributed by atoms with van der Waals surface area (Å²) in [6, 6.07) is 18.9. The maximum absolute atomic E-state index is 12.7. The van der Waals surface area contributed by atoms with Gasteiger partial charge in [-0.05, 0) is 60.8 Å². The first kappa shape index (κ1) is 27.3. The number of rotatable bonds is 8. The second-order valence-electron chi connectivity index (χ2n) is 11.7. The molecular weight excluding hydrogens is 462 g/mol. The van der Waals surface area contributed by atoms with Crippen molar-refractivity contribution in [2.75, 3.05) is 31.6 Å². The largest absolute Gasteiger partial charge is 0.379 e. The van der Waals surface area contributed by atoms with Crippen molar-refractivity contribution in [3.05, 3.63) is 65.7 Å². The Morgan fingerprint density at radius 3 is 2.16 bits per heavy atom. The summed E-state index contributed by atoms with van der Waals surface area (Å²) in [5.74, 6) is -0.165. The van der Waals surface area contributed by atoms with Gasteiger partial charge in [-0.1, -0.05) is 63.2 Å². The molecule has 0 unspecified atom stereocenters. The second kappa shape index (κ2) is 12.2. The normalized spacial score (nSPS) is 22.8. The Balaban J connectivity index is 1.24. The molecule has 0 bridgehead atoms. The first-order valence-corrected chi connectivity index (χ1v) is 13.8. The van der Waals surface area contributed by atoms with Crippen molar-refractivity contribution in [2.45, 2.75) is 82.7 Å². The van der Waals surface area contributed by atoms with E-state index in [1.807, 2.05) is 24.3 Å². The van der Waals surface area contributed by atoms with E-state index in [1.54, 1.807) is 0 Å². The molecule has 2 aromatic rings. The van der Waals surface area contributed by atoms with E-state index in [-0.39, 0.29) is 41.7 Å². The molecule has 37 heavy (non-hydrogen) atoms. The van der Waals surface area contributed by atoms with Crippen LogP contribution in [0.25, 0.3) is 0 Å². The van der Waals surface area contributed by atoms with E-state index in [0.717, 1.165) is 64.1 Å². The number of carbonyl (C=O) groups is 2. The Morgan fingerprint density at radius 1 is 0.919 bits per heavy atom. The molecule has 6 nitrogen and oxygen atoms in total. The molecule has 0 atom stereocenters. The van der Waals surface area contributed by atoms with Gasteiger partial charge in [-0.15, -0.1) is 0 Å². The Kier molecular flexibility index (Phi) is 9.04. The minimum absolute atomic E-state index is 0.0369. The molecule has 1 aliphatic heterocycles. The van der Waals surface area contributed by atoms with E-state index in [0.29, 0.717) is 0 Å². The lowest BCUT2D eigenvalue weighted by atomic mass is 9.74. The van der Waals surface area contributed by atoms with Crippen LogP contribution in [0.4, 0.5) is 5.69 Å². The zero-order chi connectivity index (χ0) is 26.3. The van der Waals surface area contributed by atoms with Crippen LogP contribution in [-0.4, -0.2) is 54.6 Å². The number of hydrogen-bond donors (Lipinski definition) is 2. The quantitative estimate of drug-likeness (QED) is 0.525. The zero-order valence-corrected chi connectivity index (χ0v) is 22.7. The molecule has 2 amide bonds. The summed E-state index contributed by atoms with van der Waals surface area (Å²) in [6.07, 6.45) is 5.46. The predicted molar refractivity (Wildman–Crippen MR) is 149 cm³/mol. The molecule has 1 heterocycles. The van der Waals surface area contributed by atoms with Crippen LogP contribution in [0.3, 0.4) is 0 Å². The first-order valence-electron chi connectivity index (χ1n) is 13.8. The van der Waals surface area contributed by atoms with Crippen molar-refractivity contribution >= 4 is 17.5 Å². The number of hydrogen-bond acceptors (Lipinski definition) is 4. The number of nitrogens with zero attached hydrogens (tertiary/aromatic N) is 1. The Morgan fingerprint density at radius 2 is 1.54 bits per heavy atom. The van der Waals surface area contributed by atoms with Crippen molar-refractivity contribution in [1.29, 1.82) is 0 Å². The number of carbonyl (C=O) groups excluding carboxylic acids is 2. The van der Waals surface area contributed by atoms with Crippen LogP contribution in [-0.2, 0) is 26.2 Å². The summed E-state index contributed by atoms with van der Waals surface area (Å²) in [5.41, 5.74) is 3.55. The average molecular weight is 506 g/mol. The van der Waals surface area contributed by atoms with Crippen molar-refractivity contribution in [2.24, 2.45) is 0 Å². The molecule has 0 spiro atoms. The molecule has 2 N–H and O–H groups in total. The molecule has 2 aromatic carbocycles. The zero-order valence-electron chi connectivity index (χ0n) is 22.7. The molecule has 200 valence electrons. The fourth-order valence-electron chi connectivity index (χ4n) is 5.72. The minimum Gasteiger partial charge on any atom is -0.379 e. The maximum Gasteiger partial charge on any atom is 0.224 e. The lowest BCUT2D eigenvalue weighted by Gasteiger charge is -2.50. The predicted octanol–water partition coefficient (Wildman–Crippen LogP) is 5.08. The van der Waals surface area contributed by atoms with Crippen molar-refractivity contribution in [3.63, 3.8) is 0 Å². The first-order chi connectivity index (χ1) is 17.7. The van der Waals surface area contributed by atoms with E-state index in [1.165, 1.54) is 11.1 Å². The average Bonchev–Trinajstić information content (AvgIpc) is 2.90. The van der Waals surface area contributed by atoms with Crippen molar-refractivity contribution in [3.8, 4) is 0 Å². The Labute approximate surface area is 222 Å². The van der Waals surface area contributed by atoms with E-state index >= 15 is 0 Å². The number of benzene rings is 2. The second-order valence-corrected chi connectivity index (χ2v) is 11.7. The number of anilines is 1. The van der Waals surface area contributed by atoms with Crippen molar-refractivity contribution < 1.29 is 14.3 Å². The van der Waals surface area contributed by atoms with Gasteiger partial charge in [0, 0.05) is 43.2 Å². The summed E-state index contributed by atoms with van der Waals surface area (Å²) >= 11 is 0. The van der Waals surface area contributed by atoms with E-state index in [4.69, 9.17) is 4.74 Å². The van der Waals surface area contributed by atoms with Crippen molar-refractivity contribution in [1.82, 2.24) is 10.2 Å². The van der Waals surface area contributed by atoms with Gasteiger partial charge in [0.2, 0.25) is 11.8 Å². The summed E-state index contributed by atoms with van der Waals surface area (Å²) < 4.78 is 5.63. The van der Waals surface area contributed by atoms with E-state index < -0.39 is 0 Å². The van der Waals surface area contributed by atoms with Crippen LogP contribution in [0.5, 0.6) is 0 Å². The van der Waals surface area contributed by atoms with Gasteiger partial charge < -0.3 is 15.4 Å². The highest BCUT2D eigenvalue weighted by molar-refractivity contribution is 5.93. The molecule has 0 aromatic heterocycles. The number of amides is 2. The SMILES string of the molecule is CC(C)(C)c1ccc(NC(=O)CCC(=O)NC2CCC(Cc3ccccc3)(N3CCOCC3)CC2)cc1. The van der Waals surface area contributed by atoms with Crippen LogP contribution in [0, 0.1) is 0 Å². The lowest BCUT2D eigenvalue weighted by Crippen LogP contribution is -2.58. The summed E-state index contributed by atoms with van der Waals surface area (Å²) in [5, 5.41) is 6.12. The summed E-state index contributed by atoms with van der Waals surface area (Å²) in [6.45, 7) is 10.0. The fraction of sp³-hybridized carbons (Fsp3) is 0.548. The number of ether oxygens (including phenoxy) is 1. The molecule has 4 rings (SSSR count). The third-order valence-corrected chi connectivity index (χ3v) is 7.95. The van der Waals surface area contributed by atoms with Gasteiger partial charge in [0.05, 0.1) is 13.2 Å². The Bertz CT molecular complexity index is 1020. The maximum atomic E-state index is 12.7. The highest BCUT2D eigenvalue weighted by Crippen LogP contribution is 2.37. The van der Waals surface area contributed by atoms with Gasteiger partial charge in [-0.25, -0.2) is 0 Å². The molecule has 1 saturated heterocycles.